The Morgan fingerprint density at radius 2 is 1.73 bits per heavy atom. The van der Waals surface area contributed by atoms with Crippen molar-refractivity contribution in [2.24, 2.45) is 46.3 Å². The van der Waals surface area contributed by atoms with Gasteiger partial charge in [-0.3, -0.25) is 4.90 Å². The summed E-state index contributed by atoms with van der Waals surface area (Å²) in [7, 11) is 2.18. The summed E-state index contributed by atoms with van der Waals surface area (Å²) >= 11 is 0. The fourth-order valence-electron chi connectivity index (χ4n) is 14.9. The number of nitrogens with zero attached hydrogens (tertiary/aromatic N) is 2. The van der Waals surface area contributed by atoms with Gasteiger partial charge < -0.3 is 15.5 Å². The van der Waals surface area contributed by atoms with Crippen LogP contribution in [-0.2, 0) is 0 Å². The van der Waals surface area contributed by atoms with Gasteiger partial charge in [0, 0.05) is 41.1 Å². The lowest BCUT2D eigenvalue weighted by molar-refractivity contribution is 0.0970. The predicted molar refractivity (Wildman–Crippen MR) is 265 cm³/mol. The number of fused-ring (bicyclic) bond motifs is 2. The van der Waals surface area contributed by atoms with Crippen LogP contribution in [0.25, 0.3) is 0 Å². The Bertz CT molecular complexity index is 2140. The first-order valence-electron chi connectivity index (χ1n) is 26.2. The second kappa shape index (κ2) is 17.8. The van der Waals surface area contributed by atoms with Crippen LogP contribution in [0, 0.1) is 46.3 Å². The first-order valence-corrected chi connectivity index (χ1v) is 26.2. The highest BCUT2D eigenvalue weighted by atomic mass is 15.5. The molecule has 12 atom stereocenters. The third-order valence-corrected chi connectivity index (χ3v) is 18.4. The highest BCUT2D eigenvalue weighted by molar-refractivity contribution is 5.59. The molecule has 1 saturated heterocycles. The fourth-order valence-corrected chi connectivity index (χ4v) is 14.9. The van der Waals surface area contributed by atoms with Gasteiger partial charge in [0.25, 0.3) is 0 Å². The van der Waals surface area contributed by atoms with Crippen LogP contribution in [0.5, 0.6) is 0 Å². The van der Waals surface area contributed by atoms with Crippen LogP contribution in [0.15, 0.2) is 129 Å². The molecule has 2 N–H and O–H groups in total. The minimum absolute atomic E-state index is 0.0631. The van der Waals surface area contributed by atoms with E-state index < -0.39 is 0 Å². The largest absolute Gasteiger partial charge is 0.362 e. The van der Waals surface area contributed by atoms with Crippen LogP contribution < -0.4 is 10.6 Å². The molecule has 2 aliphatic heterocycles. The van der Waals surface area contributed by atoms with Gasteiger partial charge in [0.05, 0.1) is 12.7 Å². The number of hydrogen-bond donors (Lipinski definition) is 2. The Kier molecular flexibility index (Phi) is 12.3. The Labute approximate surface area is 383 Å². The molecule has 0 spiro atoms. The summed E-state index contributed by atoms with van der Waals surface area (Å²) in [6, 6.07) is 1.66. The molecule has 0 bridgehead atoms. The van der Waals surface area contributed by atoms with E-state index in [2.05, 4.69) is 142 Å². The maximum absolute atomic E-state index is 4.05. The molecular formula is C59H82N4. The summed E-state index contributed by atoms with van der Waals surface area (Å²) < 4.78 is 0. The molecule has 63 heavy (non-hydrogen) atoms. The molecule has 4 heteroatoms. The molecule has 2 heterocycles. The van der Waals surface area contributed by atoms with Crippen molar-refractivity contribution >= 4 is 0 Å². The molecule has 11 unspecified atom stereocenters. The van der Waals surface area contributed by atoms with E-state index in [1.807, 2.05) is 0 Å². The topological polar surface area (TPSA) is 30.3 Å². The Morgan fingerprint density at radius 1 is 0.841 bits per heavy atom. The molecule has 4 nitrogen and oxygen atoms in total. The average molecular weight is 847 g/mol. The van der Waals surface area contributed by atoms with Gasteiger partial charge in [-0.1, -0.05) is 113 Å². The van der Waals surface area contributed by atoms with Gasteiger partial charge in [-0.2, -0.15) is 0 Å². The molecule has 0 amide bonds. The third kappa shape index (κ3) is 8.30. The molecule has 10 rings (SSSR count). The number of allylic oxidation sites excluding steroid dienone is 19. The lowest BCUT2D eigenvalue weighted by Gasteiger charge is -2.44. The Balaban J connectivity index is 0.839. The molecule has 0 aromatic heterocycles. The molecule has 0 aromatic carbocycles. The van der Waals surface area contributed by atoms with Crippen LogP contribution in [0.2, 0.25) is 0 Å². The molecule has 0 aromatic rings. The SMILES string of the molecule is CNCC1C(C2(C)CCC(C3=CC=C(C4=CC(C)CC=C4C4=CCCC(C)C4)CC3)C(C)C2)[N@@]1CN1C2=C(CC(C3=C(NC4=CCCCC4C)CCC=C3)CC2)C2(C)C=CC=CC12. The molecule has 2 fully saturated rings. The molecule has 1 saturated carbocycles. The van der Waals surface area contributed by atoms with Crippen molar-refractivity contribution in [3.63, 3.8) is 0 Å². The van der Waals surface area contributed by atoms with E-state index in [-0.39, 0.29) is 5.41 Å². The van der Waals surface area contributed by atoms with Crippen LogP contribution in [-0.4, -0.2) is 48.2 Å². The minimum Gasteiger partial charge on any atom is -0.362 e. The van der Waals surface area contributed by atoms with Crippen LogP contribution in [0.1, 0.15) is 151 Å². The fraction of sp³-hybridized carbons (Fsp3) is 0.627. The minimum atomic E-state index is 0.0631. The van der Waals surface area contributed by atoms with E-state index in [1.54, 1.807) is 44.7 Å². The van der Waals surface area contributed by atoms with E-state index in [4.69, 9.17) is 0 Å². The second-order valence-corrected chi connectivity index (χ2v) is 23.0. The lowest BCUT2D eigenvalue weighted by atomic mass is 9.62. The Morgan fingerprint density at radius 3 is 2.52 bits per heavy atom. The number of hydrogen-bond acceptors (Lipinski definition) is 4. The zero-order valence-corrected chi connectivity index (χ0v) is 40.5. The van der Waals surface area contributed by atoms with Crippen molar-refractivity contribution < 1.29 is 0 Å². The highest BCUT2D eigenvalue weighted by Gasteiger charge is 2.60. The number of rotatable bonds is 11. The van der Waals surface area contributed by atoms with E-state index in [9.17, 15) is 0 Å². The van der Waals surface area contributed by atoms with Crippen LogP contribution in [0.3, 0.4) is 0 Å². The van der Waals surface area contributed by atoms with Gasteiger partial charge in [-0.25, -0.2) is 0 Å². The van der Waals surface area contributed by atoms with Gasteiger partial charge in [-0.15, -0.1) is 0 Å². The summed E-state index contributed by atoms with van der Waals surface area (Å²) in [5.41, 5.74) is 16.5. The highest BCUT2D eigenvalue weighted by Crippen LogP contribution is 2.58. The van der Waals surface area contributed by atoms with Gasteiger partial charge in [0.2, 0.25) is 0 Å². The standard InChI is InChI=1S/C59H82N4/c1-39-15-14-17-45(33-39)48-28-22-40(2)34-50(48)44-25-23-43(24-26-44)47-30-32-58(5,36-42(47)4)57-55(37-60-7)63(57)38-62-54-29-27-46(35-51(54)59(6)31-13-12-21-56(59)62)49-18-9-11-20-53(49)61-52-19-10-8-16-41(52)3/h9,12-13,17-19,21,23,25,28,31,34,39-42,46-47,55-57,60-61H,8,10-11,14-16,20,22,24,26-27,29-30,32-33,35-38H2,1-7H3/t39?,40?,41?,42?,46?,47?,55?,56?,57?,58?,59?,63-/m0/s1. The van der Waals surface area contributed by atoms with E-state index in [0.717, 1.165) is 37.9 Å². The van der Waals surface area contributed by atoms with Gasteiger partial charge in [0.1, 0.15) is 0 Å². The second-order valence-electron chi connectivity index (χ2n) is 23.0. The monoisotopic (exact) mass is 847 g/mol. The first kappa shape index (κ1) is 43.5. The lowest BCUT2D eigenvalue weighted by Crippen LogP contribution is -2.43. The maximum atomic E-state index is 4.05. The summed E-state index contributed by atoms with van der Waals surface area (Å²) in [5.74, 6) is 4.10. The van der Waals surface area contributed by atoms with Crippen molar-refractivity contribution in [2.75, 3.05) is 20.3 Å². The zero-order chi connectivity index (χ0) is 43.5. The van der Waals surface area contributed by atoms with E-state index in [0.29, 0.717) is 47.2 Å². The molecule has 8 aliphatic carbocycles. The third-order valence-electron chi connectivity index (χ3n) is 18.4. The smallest absolute Gasteiger partial charge is 0.0717 e. The predicted octanol–water partition coefficient (Wildman–Crippen LogP) is 13.7. The average Bonchev–Trinajstić information content (AvgIpc) is 3.92. The van der Waals surface area contributed by atoms with Gasteiger partial charge in [-0.05, 0) is 197 Å². The molecule has 0 radical (unpaired) electrons. The van der Waals surface area contributed by atoms with Gasteiger partial charge in [0.15, 0.2) is 0 Å². The summed E-state index contributed by atoms with van der Waals surface area (Å²) in [6.07, 6.45) is 51.4. The summed E-state index contributed by atoms with van der Waals surface area (Å²) in [6.45, 7) is 17.3. The van der Waals surface area contributed by atoms with Crippen LogP contribution in [0.4, 0.5) is 0 Å². The Hall–Kier alpha value is -3.34. The molecule has 10 aliphatic rings. The zero-order valence-electron chi connectivity index (χ0n) is 40.5. The number of likely N-dealkylation sites (N-methyl/N-ethyl adjacent to an activating group) is 1. The van der Waals surface area contributed by atoms with Crippen molar-refractivity contribution in [3.05, 3.63) is 129 Å². The van der Waals surface area contributed by atoms with Crippen molar-refractivity contribution in [2.45, 2.75) is 169 Å². The first-order chi connectivity index (χ1) is 30.5. The normalized spacial score (nSPS) is 40.1. The molecule has 338 valence electrons. The quantitative estimate of drug-likeness (QED) is 0.203. The maximum Gasteiger partial charge on any atom is 0.0717 e. The van der Waals surface area contributed by atoms with E-state index >= 15 is 0 Å². The van der Waals surface area contributed by atoms with Gasteiger partial charge >= 0.3 is 0 Å². The summed E-state index contributed by atoms with van der Waals surface area (Å²) in [4.78, 5) is 5.84. The number of nitrogens with one attached hydrogen (secondary N) is 2. The van der Waals surface area contributed by atoms with Crippen LogP contribution >= 0.6 is 0 Å². The van der Waals surface area contributed by atoms with Crippen molar-refractivity contribution in [1.82, 2.24) is 20.4 Å². The van der Waals surface area contributed by atoms with Crippen molar-refractivity contribution in [1.29, 1.82) is 0 Å². The summed E-state index contributed by atoms with van der Waals surface area (Å²) in [5, 5.41) is 7.70. The van der Waals surface area contributed by atoms with Crippen molar-refractivity contribution in [3.8, 4) is 0 Å². The molecular weight excluding hydrogens is 765 g/mol. The van der Waals surface area contributed by atoms with E-state index in [1.165, 1.54) is 108 Å².